The molecule has 1 rings (SSSR count). The van der Waals surface area contributed by atoms with E-state index < -0.39 is 11.9 Å². The number of methoxy groups -OCH3 is 1. The van der Waals surface area contributed by atoms with Gasteiger partial charge in [0, 0.05) is 20.3 Å². The fraction of sp³-hybridized carbons (Fsp3) is 0.308. The van der Waals surface area contributed by atoms with Gasteiger partial charge in [-0.1, -0.05) is 0 Å². The van der Waals surface area contributed by atoms with Gasteiger partial charge in [0.1, 0.15) is 4.88 Å². The average molecular weight is 296 g/mol. The number of carbonyl (C=O) groups excluding carboxylic acids is 3. The molecular formula is C13H16N2O4S. The highest BCUT2D eigenvalue weighted by molar-refractivity contribution is 7.12. The van der Waals surface area contributed by atoms with Crippen molar-refractivity contribution in [1.82, 2.24) is 4.90 Å². The van der Waals surface area contributed by atoms with Crippen LogP contribution in [0.3, 0.4) is 0 Å². The molecule has 0 bridgehead atoms. The third-order valence-corrected chi connectivity index (χ3v) is 3.19. The van der Waals surface area contributed by atoms with Crippen molar-refractivity contribution in [2.24, 2.45) is 0 Å². The molecule has 0 unspecified atom stereocenters. The summed E-state index contributed by atoms with van der Waals surface area (Å²) in [7, 11) is 4.68. The molecule has 1 aromatic rings. The summed E-state index contributed by atoms with van der Waals surface area (Å²) in [5, 5.41) is 4.21. The summed E-state index contributed by atoms with van der Waals surface area (Å²) < 4.78 is 4.62. The van der Waals surface area contributed by atoms with Gasteiger partial charge in [-0.3, -0.25) is 9.59 Å². The predicted octanol–water partition coefficient (Wildman–Crippen LogP) is 1.51. The smallest absolute Gasteiger partial charge is 0.350 e. The zero-order valence-electron chi connectivity index (χ0n) is 11.7. The standard InChI is InChI=1S/C13H16N2O4S/c1-8(16)9(7-15(2)3)12(17)14-10-5-6-20-11(10)13(18)19-4/h5-7H,1-4H3,(H,14,17)/b9-7-. The van der Waals surface area contributed by atoms with E-state index in [0.29, 0.717) is 5.69 Å². The van der Waals surface area contributed by atoms with E-state index in [0.717, 1.165) is 11.3 Å². The first-order valence-corrected chi connectivity index (χ1v) is 6.61. The Morgan fingerprint density at radius 2 is 2.00 bits per heavy atom. The minimum Gasteiger partial charge on any atom is -0.465 e. The second-order valence-corrected chi connectivity index (χ2v) is 5.09. The molecule has 0 radical (unpaired) electrons. The van der Waals surface area contributed by atoms with Gasteiger partial charge in [-0.15, -0.1) is 11.3 Å². The first kappa shape index (κ1) is 15.9. The molecule has 0 spiro atoms. The van der Waals surface area contributed by atoms with Gasteiger partial charge in [0.25, 0.3) is 5.91 Å². The number of nitrogens with one attached hydrogen (secondary N) is 1. The van der Waals surface area contributed by atoms with Gasteiger partial charge in [-0.05, 0) is 18.4 Å². The number of ether oxygens (including phenoxy) is 1. The van der Waals surface area contributed by atoms with E-state index >= 15 is 0 Å². The molecule has 0 aliphatic rings. The molecule has 0 fully saturated rings. The molecule has 20 heavy (non-hydrogen) atoms. The molecule has 0 aliphatic carbocycles. The quantitative estimate of drug-likeness (QED) is 0.386. The first-order chi connectivity index (χ1) is 9.36. The summed E-state index contributed by atoms with van der Waals surface area (Å²) in [4.78, 5) is 36.9. The van der Waals surface area contributed by atoms with Crippen LogP contribution in [0, 0.1) is 0 Å². The highest BCUT2D eigenvalue weighted by Gasteiger charge is 2.19. The van der Waals surface area contributed by atoms with Crippen molar-refractivity contribution in [1.29, 1.82) is 0 Å². The maximum atomic E-state index is 12.1. The van der Waals surface area contributed by atoms with Crippen LogP contribution in [0.15, 0.2) is 23.2 Å². The van der Waals surface area contributed by atoms with E-state index in [-0.39, 0.29) is 16.2 Å². The number of Topliss-reactive ketones (excluding diaryl/α,β-unsaturated/α-hetero) is 1. The largest absolute Gasteiger partial charge is 0.465 e. The van der Waals surface area contributed by atoms with Crippen LogP contribution in [-0.2, 0) is 14.3 Å². The Morgan fingerprint density at radius 1 is 1.35 bits per heavy atom. The number of amides is 1. The van der Waals surface area contributed by atoms with Crippen LogP contribution in [0.25, 0.3) is 0 Å². The molecule has 1 heterocycles. The molecule has 0 atom stereocenters. The fourth-order valence-corrected chi connectivity index (χ4v) is 2.18. The van der Waals surface area contributed by atoms with Crippen molar-refractivity contribution in [2.75, 3.05) is 26.5 Å². The highest BCUT2D eigenvalue weighted by Crippen LogP contribution is 2.23. The number of rotatable bonds is 5. The number of esters is 1. The Kier molecular flexibility index (Phi) is 5.45. The molecule has 7 heteroatoms. The lowest BCUT2D eigenvalue weighted by Gasteiger charge is -2.10. The summed E-state index contributed by atoms with van der Waals surface area (Å²) in [6.07, 6.45) is 1.43. The van der Waals surface area contributed by atoms with E-state index in [1.165, 1.54) is 20.2 Å². The SMILES string of the molecule is COC(=O)c1sccc1NC(=O)/C(=C\N(C)C)C(C)=O. The number of carbonyl (C=O) groups is 3. The zero-order chi connectivity index (χ0) is 15.3. The third-order valence-electron chi connectivity index (χ3n) is 2.30. The molecular weight excluding hydrogens is 280 g/mol. The fourth-order valence-electron chi connectivity index (χ4n) is 1.42. The molecule has 1 N–H and O–H groups in total. The molecule has 1 aromatic heterocycles. The highest BCUT2D eigenvalue weighted by atomic mass is 32.1. The van der Waals surface area contributed by atoms with Gasteiger partial charge in [0.05, 0.1) is 18.4 Å². The second kappa shape index (κ2) is 6.85. The molecule has 0 aliphatic heterocycles. The molecule has 6 nitrogen and oxygen atoms in total. The van der Waals surface area contributed by atoms with E-state index in [9.17, 15) is 14.4 Å². The summed E-state index contributed by atoms with van der Waals surface area (Å²) in [5.41, 5.74) is 0.342. The van der Waals surface area contributed by atoms with Gasteiger partial charge < -0.3 is 15.0 Å². The topological polar surface area (TPSA) is 75.7 Å². The van der Waals surface area contributed by atoms with Crippen molar-refractivity contribution in [3.05, 3.63) is 28.1 Å². The number of thiophene rings is 1. The minimum absolute atomic E-state index is 0.0111. The molecule has 0 saturated carbocycles. The normalized spacial score (nSPS) is 10.9. The van der Waals surface area contributed by atoms with Gasteiger partial charge in [-0.2, -0.15) is 0 Å². The van der Waals surface area contributed by atoms with Gasteiger partial charge in [0.2, 0.25) is 0 Å². The molecule has 0 saturated heterocycles. The van der Waals surface area contributed by atoms with Crippen molar-refractivity contribution in [3.8, 4) is 0 Å². The second-order valence-electron chi connectivity index (χ2n) is 4.17. The van der Waals surface area contributed by atoms with Crippen molar-refractivity contribution in [2.45, 2.75) is 6.92 Å². The lowest BCUT2D eigenvalue weighted by molar-refractivity contribution is -0.119. The average Bonchev–Trinajstić information content (AvgIpc) is 2.82. The number of hydrogen-bond donors (Lipinski definition) is 1. The Hall–Kier alpha value is -2.15. The zero-order valence-corrected chi connectivity index (χ0v) is 12.5. The van der Waals surface area contributed by atoms with Crippen molar-refractivity contribution < 1.29 is 19.1 Å². The first-order valence-electron chi connectivity index (χ1n) is 5.73. The van der Waals surface area contributed by atoms with Crippen LogP contribution in [0.4, 0.5) is 5.69 Å². The lowest BCUT2D eigenvalue weighted by Crippen LogP contribution is -2.22. The van der Waals surface area contributed by atoms with Crippen LogP contribution < -0.4 is 5.32 Å². The third kappa shape index (κ3) is 3.92. The predicted molar refractivity (Wildman–Crippen MR) is 76.7 cm³/mol. The minimum atomic E-state index is -0.560. The van der Waals surface area contributed by atoms with Gasteiger partial charge in [0.15, 0.2) is 5.78 Å². The van der Waals surface area contributed by atoms with E-state index in [2.05, 4.69) is 10.1 Å². The molecule has 1 amide bonds. The Morgan fingerprint density at radius 3 is 2.50 bits per heavy atom. The Labute approximate surface area is 121 Å². The number of anilines is 1. The van der Waals surface area contributed by atoms with E-state index in [1.807, 2.05) is 0 Å². The van der Waals surface area contributed by atoms with Crippen LogP contribution in [0.2, 0.25) is 0 Å². The van der Waals surface area contributed by atoms with Crippen molar-refractivity contribution in [3.63, 3.8) is 0 Å². The summed E-state index contributed by atoms with van der Waals surface area (Å²) in [6.45, 7) is 1.31. The van der Waals surface area contributed by atoms with Crippen LogP contribution >= 0.6 is 11.3 Å². The van der Waals surface area contributed by atoms with Crippen LogP contribution in [-0.4, -0.2) is 43.8 Å². The summed E-state index contributed by atoms with van der Waals surface area (Å²) in [6, 6.07) is 1.59. The molecule has 108 valence electrons. The monoisotopic (exact) mass is 296 g/mol. The Bertz CT molecular complexity index is 560. The van der Waals surface area contributed by atoms with Gasteiger partial charge >= 0.3 is 5.97 Å². The number of hydrogen-bond acceptors (Lipinski definition) is 6. The summed E-state index contributed by atoms with van der Waals surface area (Å²) >= 11 is 1.15. The van der Waals surface area contributed by atoms with Crippen molar-refractivity contribution >= 4 is 34.7 Å². The summed E-state index contributed by atoms with van der Waals surface area (Å²) in [5.74, 6) is -1.45. The maximum Gasteiger partial charge on any atom is 0.350 e. The van der Waals surface area contributed by atoms with Crippen LogP contribution in [0.1, 0.15) is 16.6 Å². The Balaban J connectivity index is 2.98. The van der Waals surface area contributed by atoms with E-state index in [1.54, 1.807) is 30.4 Å². The lowest BCUT2D eigenvalue weighted by atomic mass is 10.2. The number of ketones is 1. The van der Waals surface area contributed by atoms with E-state index in [4.69, 9.17) is 0 Å². The number of nitrogens with zero attached hydrogens (tertiary/aromatic N) is 1. The molecule has 0 aromatic carbocycles. The van der Waals surface area contributed by atoms with Crippen LogP contribution in [0.5, 0.6) is 0 Å². The maximum absolute atomic E-state index is 12.1. The van der Waals surface area contributed by atoms with Gasteiger partial charge in [-0.25, -0.2) is 4.79 Å².